The molecule has 138 valence electrons. The highest BCUT2D eigenvalue weighted by Gasteiger charge is 2.20. The monoisotopic (exact) mass is 363 g/mol. The zero-order valence-electron chi connectivity index (χ0n) is 14.0. The van der Waals surface area contributed by atoms with Gasteiger partial charge in [0.25, 0.3) is 0 Å². The Balaban J connectivity index is 1.44. The van der Waals surface area contributed by atoms with E-state index in [9.17, 15) is 13.6 Å². The highest BCUT2D eigenvalue weighted by molar-refractivity contribution is 5.92. The van der Waals surface area contributed by atoms with Gasteiger partial charge in [-0.25, -0.2) is 4.98 Å². The summed E-state index contributed by atoms with van der Waals surface area (Å²) in [7, 11) is 0. The normalized spacial score (nSPS) is 15.1. The third kappa shape index (κ3) is 5.09. The molecule has 1 aliphatic rings. The van der Waals surface area contributed by atoms with Crippen LogP contribution in [-0.4, -0.2) is 60.1 Å². The molecule has 0 bridgehead atoms. The number of piperazine rings is 1. The molecule has 9 heteroatoms. The molecule has 0 radical (unpaired) electrons. The van der Waals surface area contributed by atoms with Gasteiger partial charge in [-0.3, -0.25) is 14.7 Å². The number of hydrogen-bond donors (Lipinski definition) is 1. The molecule has 1 aromatic carbocycles. The Bertz CT molecular complexity index is 707. The molecule has 0 unspecified atom stereocenters. The average Bonchev–Trinajstić information content (AvgIpc) is 2.64. The van der Waals surface area contributed by atoms with Gasteiger partial charge in [0.15, 0.2) is 0 Å². The molecule has 2 aromatic rings. The van der Waals surface area contributed by atoms with Gasteiger partial charge < -0.3 is 15.0 Å². The fourth-order valence-electron chi connectivity index (χ4n) is 2.71. The van der Waals surface area contributed by atoms with Crippen molar-refractivity contribution in [3.8, 4) is 5.75 Å². The number of benzene rings is 1. The second-order valence-corrected chi connectivity index (χ2v) is 5.78. The predicted molar refractivity (Wildman–Crippen MR) is 92.4 cm³/mol. The van der Waals surface area contributed by atoms with E-state index in [1.54, 1.807) is 18.6 Å². The number of alkyl halides is 2. The number of carbonyl (C=O) groups excluding carboxylic acids is 1. The number of nitrogens with one attached hydrogen (secondary N) is 1. The minimum absolute atomic E-state index is 0.0538. The second kappa shape index (κ2) is 8.52. The maximum atomic E-state index is 12.2. The van der Waals surface area contributed by atoms with Gasteiger partial charge in [0, 0.05) is 44.3 Å². The van der Waals surface area contributed by atoms with Gasteiger partial charge in [-0.1, -0.05) is 0 Å². The first-order chi connectivity index (χ1) is 12.6. The van der Waals surface area contributed by atoms with Crippen molar-refractivity contribution in [2.45, 2.75) is 6.61 Å². The fourth-order valence-corrected chi connectivity index (χ4v) is 2.71. The molecule has 1 fully saturated rings. The molecule has 1 aliphatic heterocycles. The lowest BCUT2D eigenvalue weighted by atomic mass is 10.3. The van der Waals surface area contributed by atoms with Crippen LogP contribution in [-0.2, 0) is 4.79 Å². The van der Waals surface area contributed by atoms with E-state index in [4.69, 9.17) is 0 Å². The van der Waals surface area contributed by atoms with E-state index in [-0.39, 0.29) is 18.2 Å². The van der Waals surface area contributed by atoms with Gasteiger partial charge in [-0.2, -0.15) is 8.78 Å². The summed E-state index contributed by atoms with van der Waals surface area (Å²) >= 11 is 0. The molecule has 0 aliphatic carbocycles. The first kappa shape index (κ1) is 18.0. The van der Waals surface area contributed by atoms with Crippen LogP contribution in [0.5, 0.6) is 5.75 Å². The van der Waals surface area contributed by atoms with Crippen molar-refractivity contribution < 1.29 is 18.3 Å². The Morgan fingerprint density at radius 1 is 1.15 bits per heavy atom. The van der Waals surface area contributed by atoms with Gasteiger partial charge in [-0.15, -0.1) is 0 Å². The quantitative estimate of drug-likeness (QED) is 0.845. The maximum absolute atomic E-state index is 12.2. The molecular weight excluding hydrogens is 344 g/mol. The van der Waals surface area contributed by atoms with E-state index in [0.29, 0.717) is 5.69 Å². The lowest BCUT2D eigenvalue weighted by Gasteiger charge is -2.34. The highest BCUT2D eigenvalue weighted by Crippen LogP contribution is 2.18. The summed E-state index contributed by atoms with van der Waals surface area (Å²) in [5, 5.41) is 2.75. The van der Waals surface area contributed by atoms with E-state index < -0.39 is 6.61 Å². The molecule has 0 saturated carbocycles. The fraction of sp³-hybridized carbons (Fsp3) is 0.353. The number of amides is 1. The third-order valence-electron chi connectivity index (χ3n) is 3.98. The number of anilines is 2. The van der Waals surface area contributed by atoms with Crippen LogP contribution in [0, 0.1) is 0 Å². The Morgan fingerprint density at radius 3 is 2.50 bits per heavy atom. The molecule has 1 saturated heterocycles. The summed E-state index contributed by atoms with van der Waals surface area (Å²) in [5.74, 6) is 0.737. The molecule has 0 atom stereocenters. The number of hydrogen-bond acceptors (Lipinski definition) is 6. The van der Waals surface area contributed by atoms with Crippen LogP contribution in [0.15, 0.2) is 42.9 Å². The van der Waals surface area contributed by atoms with E-state index >= 15 is 0 Å². The second-order valence-electron chi connectivity index (χ2n) is 5.78. The number of carbonyl (C=O) groups is 1. The van der Waals surface area contributed by atoms with Gasteiger partial charge in [0.05, 0.1) is 12.7 Å². The number of ether oxygens (including phenoxy) is 1. The van der Waals surface area contributed by atoms with Crippen molar-refractivity contribution in [1.29, 1.82) is 0 Å². The minimum Gasteiger partial charge on any atom is -0.435 e. The third-order valence-corrected chi connectivity index (χ3v) is 3.98. The number of halogens is 2. The number of rotatable bonds is 6. The smallest absolute Gasteiger partial charge is 0.387 e. The van der Waals surface area contributed by atoms with Gasteiger partial charge >= 0.3 is 6.61 Å². The summed E-state index contributed by atoms with van der Waals surface area (Å²) < 4.78 is 28.5. The topological polar surface area (TPSA) is 70.6 Å². The first-order valence-electron chi connectivity index (χ1n) is 8.18. The lowest BCUT2D eigenvalue weighted by Crippen LogP contribution is -2.48. The van der Waals surface area contributed by atoms with Crippen LogP contribution in [0.3, 0.4) is 0 Å². The Kier molecular flexibility index (Phi) is 5.90. The van der Waals surface area contributed by atoms with Crippen molar-refractivity contribution in [3.63, 3.8) is 0 Å². The summed E-state index contributed by atoms with van der Waals surface area (Å²) in [6, 6.07) is 5.84. The lowest BCUT2D eigenvalue weighted by molar-refractivity contribution is -0.117. The van der Waals surface area contributed by atoms with Crippen LogP contribution in [0.1, 0.15) is 0 Å². The predicted octanol–water partition coefficient (Wildman–Crippen LogP) is 1.84. The largest absolute Gasteiger partial charge is 0.435 e. The van der Waals surface area contributed by atoms with Crippen LogP contribution in [0.2, 0.25) is 0 Å². The summed E-state index contributed by atoms with van der Waals surface area (Å²) in [6.45, 7) is 0.424. The van der Waals surface area contributed by atoms with E-state index in [1.807, 2.05) is 0 Å². The Hall–Kier alpha value is -2.81. The molecule has 0 spiro atoms. The molecule has 1 aromatic heterocycles. The molecule has 1 N–H and O–H groups in total. The molecular formula is C17H19F2N5O2. The SMILES string of the molecule is O=C(CN1CCN(c2cnccn2)CC1)Nc1ccc(OC(F)F)cc1. The highest BCUT2D eigenvalue weighted by atomic mass is 19.3. The average molecular weight is 363 g/mol. The summed E-state index contributed by atoms with van der Waals surface area (Å²) in [6.07, 6.45) is 5.02. The zero-order chi connectivity index (χ0) is 18.4. The molecule has 7 nitrogen and oxygen atoms in total. The van der Waals surface area contributed by atoms with Crippen LogP contribution < -0.4 is 15.0 Å². The van der Waals surface area contributed by atoms with Crippen molar-refractivity contribution in [2.24, 2.45) is 0 Å². The van der Waals surface area contributed by atoms with E-state index in [2.05, 4.69) is 29.8 Å². The van der Waals surface area contributed by atoms with Crippen LogP contribution in [0.25, 0.3) is 0 Å². The summed E-state index contributed by atoms with van der Waals surface area (Å²) in [5.41, 5.74) is 0.537. The summed E-state index contributed by atoms with van der Waals surface area (Å²) in [4.78, 5) is 24.7. The van der Waals surface area contributed by atoms with E-state index in [1.165, 1.54) is 24.3 Å². The first-order valence-corrected chi connectivity index (χ1v) is 8.18. The van der Waals surface area contributed by atoms with Crippen molar-refractivity contribution in [3.05, 3.63) is 42.9 Å². The van der Waals surface area contributed by atoms with E-state index in [0.717, 1.165) is 32.0 Å². The van der Waals surface area contributed by atoms with Crippen molar-refractivity contribution in [2.75, 3.05) is 42.9 Å². The van der Waals surface area contributed by atoms with Crippen molar-refractivity contribution in [1.82, 2.24) is 14.9 Å². The molecule has 2 heterocycles. The van der Waals surface area contributed by atoms with Crippen LogP contribution in [0.4, 0.5) is 20.3 Å². The molecule has 26 heavy (non-hydrogen) atoms. The molecule has 3 rings (SSSR count). The Labute approximate surface area is 149 Å². The molecule has 1 amide bonds. The van der Waals surface area contributed by atoms with Gasteiger partial charge in [0.2, 0.25) is 5.91 Å². The van der Waals surface area contributed by atoms with Gasteiger partial charge in [-0.05, 0) is 24.3 Å². The van der Waals surface area contributed by atoms with Crippen molar-refractivity contribution >= 4 is 17.4 Å². The number of aromatic nitrogens is 2. The maximum Gasteiger partial charge on any atom is 0.387 e. The minimum atomic E-state index is -2.86. The Morgan fingerprint density at radius 2 is 1.88 bits per heavy atom. The zero-order valence-corrected chi connectivity index (χ0v) is 14.0. The number of nitrogens with zero attached hydrogens (tertiary/aromatic N) is 4. The standard InChI is InChI=1S/C17H19F2N5O2/c18-17(19)26-14-3-1-13(2-4-14)22-16(25)12-23-7-9-24(10-8-23)15-11-20-5-6-21-15/h1-6,11,17H,7-10,12H2,(H,22,25). The van der Waals surface area contributed by atoms with Gasteiger partial charge in [0.1, 0.15) is 11.6 Å². The van der Waals surface area contributed by atoms with Crippen LogP contribution >= 0.6 is 0 Å².